The molecule has 0 aliphatic rings. The van der Waals surface area contributed by atoms with E-state index in [1.807, 2.05) is 0 Å². The molecule has 0 bridgehead atoms. The van der Waals surface area contributed by atoms with Crippen LogP contribution in [0, 0.1) is 10.8 Å². The first-order valence-corrected chi connectivity index (χ1v) is 5.44. The Morgan fingerprint density at radius 2 is 1.67 bits per heavy atom. The zero-order chi connectivity index (χ0) is 12.2. The predicted molar refractivity (Wildman–Crippen MR) is 54.1 cm³/mol. The van der Waals surface area contributed by atoms with Crippen LogP contribution in [0.15, 0.2) is 17.0 Å². The molecule has 0 saturated heterocycles. The fraction of sp³-hybridized carbons (Fsp3) is 0. The van der Waals surface area contributed by atoms with Gasteiger partial charge in [-0.15, -0.1) is 0 Å². The van der Waals surface area contributed by atoms with Gasteiger partial charge in [0.1, 0.15) is 4.90 Å². The number of nitrogen functional groups attached to an aromatic ring is 1. The molecular weight excluding hydrogens is 265 g/mol. The molecule has 1 aromatic rings. The van der Waals surface area contributed by atoms with E-state index in [0.717, 1.165) is 12.1 Å². The average molecular weight is 270 g/mol. The molecule has 3 N–H and O–H groups in total. The smallest absolute Gasteiger partial charge is 0.296 e. The molecule has 0 amide bonds. The van der Waals surface area contributed by atoms with Gasteiger partial charge in [-0.05, 0) is 12.1 Å². The molecule has 0 saturated carbocycles. The van der Waals surface area contributed by atoms with Gasteiger partial charge in [0.25, 0.3) is 10.1 Å². The molecule has 0 aromatic heterocycles. The second kappa shape index (κ2) is 5.14. The Labute approximate surface area is 95.8 Å². The highest BCUT2D eigenvalue weighted by Gasteiger charge is 2.16. The van der Waals surface area contributed by atoms with Crippen molar-refractivity contribution in [3.05, 3.63) is 22.2 Å². The van der Waals surface area contributed by atoms with Crippen LogP contribution in [-0.4, -0.2) is 13.0 Å². The lowest BCUT2D eigenvalue weighted by atomic mass is 10.3. The van der Waals surface area contributed by atoms with Crippen LogP contribution in [0.5, 0.6) is 0 Å². The zero-order valence-corrected chi connectivity index (χ0v) is 9.38. The predicted octanol–water partition coefficient (Wildman–Crippen LogP) is 1.85. The summed E-state index contributed by atoms with van der Waals surface area (Å²) in [5.41, 5.74) is 5.49. The first-order valence-electron chi connectivity index (χ1n) is 3.24. The van der Waals surface area contributed by atoms with E-state index < -0.39 is 15.0 Å². The maximum atomic E-state index is 10.7. The summed E-state index contributed by atoms with van der Waals surface area (Å²) in [6, 6.07) is 2.15. The van der Waals surface area contributed by atoms with Gasteiger partial charge >= 0.3 is 0 Å². The number of hydrogen-bond acceptors (Lipinski definition) is 5. The Morgan fingerprint density at radius 1 is 1.20 bits per heavy atom. The van der Waals surface area contributed by atoms with Crippen molar-refractivity contribution >= 4 is 39.0 Å². The topological polar surface area (TPSA) is 128 Å². The van der Waals surface area contributed by atoms with Crippen molar-refractivity contribution in [2.45, 2.75) is 4.90 Å². The Kier molecular flexibility index (Phi) is 4.77. The summed E-state index contributed by atoms with van der Waals surface area (Å²) in [6.45, 7) is 0. The molecule has 82 valence electrons. The average Bonchev–Trinajstić information content (AvgIpc) is 2.13. The van der Waals surface area contributed by atoms with E-state index >= 15 is 0 Å². The highest BCUT2D eigenvalue weighted by Crippen LogP contribution is 2.29. The van der Waals surface area contributed by atoms with Crippen molar-refractivity contribution in [3.63, 3.8) is 0 Å². The second-order valence-corrected chi connectivity index (χ2v) is 4.48. The standard InChI is InChI=1S/C6H5Cl2NO3S.N2/c7-3-2-6(13(10,11)12)4(8)1-5(3)9;1-2/h1-2H,9H2,(H,10,11,12);. The molecule has 0 spiro atoms. The molecule has 0 atom stereocenters. The molecular formula is C6H5Cl2N3O3S. The quantitative estimate of drug-likeness (QED) is 0.455. The summed E-state index contributed by atoms with van der Waals surface area (Å²) in [5, 5.41) is 11.9. The van der Waals surface area contributed by atoms with Crippen molar-refractivity contribution in [3.8, 4) is 0 Å². The monoisotopic (exact) mass is 269 g/mol. The molecule has 0 aliphatic heterocycles. The van der Waals surface area contributed by atoms with Crippen LogP contribution in [0.2, 0.25) is 10.0 Å². The largest absolute Gasteiger partial charge is 0.397 e. The summed E-state index contributed by atoms with van der Waals surface area (Å²) in [7, 11) is -4.34. The number of benzene rings is 1. The second-order valence-electron chi connectivity index (χ2n) is 2.28. The van der Waals surface area contributed by atoms with Gasteiger partial charge in [-0.2, -0.15) is 8.42 Å². The highest BCUT2D eigenvalue weighted by atomic mass is 35.5. The third kappa shape index (κ3) is 3.53. The van der Waals surface area contributed by atoms with Crippen LogP contribution < -0.4 is 5.73 Å². The third-order valence-electron chi connectivity index (χ3n) is 1.33. The van der Waals surface area contributed by atoms with E-state index in [1.54, 1.807) is 0 Å². The molecule has 1 rings (SSSR count). The first kappa shape index (κ1) is 13.9. The Morgan fingerprint density at radius 3 is 2.07 bits per heavy atom. The molecule has 0 unspecified atom stereocenters. The first-order chi connectivity index (χ1) is 6.82. The van der Waals surface area contributed by atoms with Gasteiger partial charge in [-0.3, -0.25) is 4.55 Å². The van der Waals surface area contributed by atoms with Gasteiger partial charge < -0.3 is 5.73 Å². The van der Waals surface area contributed by atoms with Crippen LogP contribution in [0.3, 0.4) is 0 Å². The number of halogens is 2. The summed E-state index contributed by atoms with van der Waals surface area (Å²) >= 11 is 11.0. The molecule has 0 aliphatic carbocycles. The van der Waals surface area contributed by atoms with E-state index in [1.165, 1.54) is 0 Å². The van der Waals surface area contributed by atoms with Gasteiger partial charge in [0.05, 0.1) is 15.7 Å². The summed E-state index contributed by atoms with van der Waals surface area (Å²) in [4.78, 5) is -0.451. The fourth-order valence-electron chi connectivity index (χ4n) is 0.742. The molecule has 0 heterocycles. The summed E-state index contributed by atoms with van der Waals surface area (Å²) in [5.74, 6) is 0. The molecule has 0 fully saturated rings. The Balaban J connectivity index is 0.000000921. The number of nitrogens with two attached hydrogens (primary N) is 1. The van der Waals surface area contributed by atoms with Crippen LogP contribution in [0.1, 0.15) is 0 Å². The molecule has 1 aromatic carbocycles. The molecule has 9 heteroatoms. The number of anilines is 1. The van der Waals surface area contributed by atoms with E-state index in [9.17, 15) is 8.42 Å². The van der Waals surface area contributed by atoms with E-state index in [2.05, 4.69) is 0 Å². The minimum absolute atomic E-state index is 0.0250. The van der Waals surface area contributed by atoms with E-state index in [-0.39, 0.29) is 15.7 Å². The van der Waals surface area contributed by atoms with Crippen molar-refractivity contribution in [1.82, 2.24) is 0 Å². The minimum atomic E-state index is -4.34. The lowest BCUT2D eigenvalue weighted by molar-refractivity contribution is 0.483. The normalized spacial score (nSPS) is 10.2. The number of hydrogen-bond donors (Lipinski definition) is 2. The van der Waals surface area contributed by atoms with Gasteiger partial charge in [0, 0.05) is 10.8 Å². The Hall–Kier alpha value is -1.07. The number of rotatable bonds is 1. The Bertz CT molecular complexity index is 486. The lowest BCUT2D eigenvalue weighted by Crippen LogP contribution is -2.00. The molecule has 0 radical (unpaired) electrons. The molecule has 15 heavy (non-hydrogen) atoms. The molecule has 6 nitrogen and oxygen atoms in total. The van der Waals surface area contributed by atoms with Gasteiger partial charge in [0.2, 0.25) is 0 Å². The highest BCUT2D eigenvalue weighted by molar-refractivity contribution is 7.86. The summed E-state index contributed by atoms with van der Waals surface area (Å²) in [6.07, 6.45) is 0. The van der Waals surface area contributed by atoms with E-state index in [4.69, 9.17) is 44.3 Å². The maximum Gasteiger partial charge on any atom is 0.296 e. The fourth-order valence-corrected chi connectivity index (χ4v) is 2.01. The van der Waals surface area contributed by atoms with Crippen molar-refractivity contribution in [2.24, 2.45) is 0 Å². The van der Waals surface area contributed by atoms with Gasteiger partial charge in [0.15, 0.2) is 0 Å². The zero-order valence-electron chi connectivity index (χ0n) is 7.05. The van der Waals surface area contributed by atoms with E-state index in [0.29, 0.717) is 0 Å². The number of nitrogens with zero attached hydrogens (tertiary/aromatic N) is 2. The van der Waals surface area contributed by atoms with Crippen molar-refractivity contribution in [2.75, 3.05) is 5.73 Å². The maximum absolute atomic E-state index is 10.7. The van der Waals surface area contributed by atoms with Crippen LogP contribution in [0.4, 0.5) is 5.69 Å². The van der Waals surface area contributed by atoms with Crippen LogP contribution in [0.25, 0.3) is 0 Å². The summed E-state index contributed by atoms with van der Waals surface area (Å²) < 4.78 is 30.1. The minimum Gasteiger partial charge on any atom is -0.397 e. The van der Waals surface area contributed by atoms with Crippen molar-refractivity contribution in [1.29, 1.82) is 10.8 Å². The van der Waals surface area contributed by atoms with Crippen LogP contribution in [-0.2, 0) is 10.1 Å². The van der Waals surface area contributed by atoms with Crippen LogP contribution >= 0.6 is 23.2 Å². The van der Waals surface area contributed by atoms with Crippen molar-refractivity contribution < 1.29 is 13.0 Å². The SMILES string of the molecule is N#N.Nc1cc(Cl)c(S(=O)(=O)O)cc1Cl. The lowest BCUT2D eigenvalue weighted by Gasteiger charge is -2.03. The third-order valence-corrected chi connectivity index (χ3v) is 2.97. The van der Waals surface area contributed by atoms with Gasteiger partial charge in [-0.1, -0.05) is 23.2 Å². The van der Waals surface area contributed by atoms with Gasteiger partial charge in [-0.25, -0.2) is 0 Å².